The van der Waals surface area contributed by atoms with E-state index in [0.717, 1.165) is 18.2 Å². The van der Waals surface area contributed by atoms with Crippen molar-refractivity contribution in [2.24, 2.45) is 11.3 Å². The largest absolute Gasteiger partial charge is 0.465 e. The number of aromatic nitrogens is 1. The SMILES string of the molecule is COC(=O)c1cccnc1CNCC1(C2CC2)CC1. The fourth-order valence-electron chi connectivity index (χ4n) is 2.89. The van der Waals surface area contributed by atoms with Crippen molar-refractivity contribution < 1.29 is 9.53 Å². The lowest BCUT2D eigenvalue weighted by Crippen LogP contribution is -2.26. The minimum atomic E-state index is -0.312. The van der Waals surface area contributed by atoms with Crippen molar-refractivity contribution in [2.45, 2.75) is 32.2 Å². The highest BCUT2D eigenvalue weighted by atomic mass is 16.5. The van der Waals surface area contributed by atoms with Crippen LogP contribution in [0.1, 0.15) is 41.7 Å². The molecule has 1 aromatic rings. The molecule has 4 nitrogen and oxygen atoms in total. The van der Waals surface area contributed by atoms with E-state index >= 15 is 0 Å². The number of ether oxygens (including phenoxy) is 1. The Morgan fingerprint density at radius 2 is 2.32 bits per heavy atom. The molecule has 0 spiro atoms. The molecule has 1 N–H and O–H groups in total. The molecular weight excluding hydrogens is 240 g/mol. The summed E-state index contributed by atoms with van der Waals surface area (Å²) in [6.45, 7) is 1.69. The second kappa shape index (κ2) is 4.93. The molecule has 2 saturated carbocycles. The van der Waals surface area contributed by atoms with Crippen molar-refractivity contribution >= 4 is 5.97 Å². The van der Waals surface area contributed by atoms with Gasteiger partial charge in [-0.1, -0.05) is 0 Å². The van der Waals surface area contributed by atoms with Gasteiger partial charge in [-0.2, -0.15) is 0 Å². The Kier molecular flexibility index (Phi) is 3.27. The van der Waals surface area contributed by atoms with E-state index in [-0.39, 0.29) is 5.97 Å². The van der Waals surface area contributed by atoms with Gasteiger partial charge in [-0.3, -0.25) is 4.98 Å². The highest BCUT2D eigenvalue weighted by Crippen LogP contribution is 2.60. The van der Waals surface area contributed by atoms with E-state index in [0.29, 0.717) is 17.5 Å². The van der Waals surface area contributed by atoms with Crippen LogP contribution in [0.5, 0.6) is 0 Å². The van der Waals surface area contributed by atoms with E-state index in [4.69, 9.17) is 4.74 Å². The summed E-state index contributed by atoms with van der Waals surface area (Å²) < 4.78 is 4.78. The summed E-state index contributed by atoms with van der Waals surface area (Å²) >= 11 is 0. The van der Waals surface area contributed by atoms with Crippen LogP contribution in [0.15, 0.2) is 18.3 Å². The van der Waals surface area contributed by atoms with Crippen molar-refractivity contribution in [1.82, 2.24) is 10.3 Å². The number of pyridine rings is 1. The minimum absolute atomic E-state index is 0.312. The molecule has 19 heavy (non-hydrogen) atoms. The summed E-state index contributed by atoms with van der Waals surface area (Å²) in [7, 11) is 1.40. The molecular formula is C15H20N2O2. The third-order valence-electron chi connectivity index (χ3n) is 4.40. The molecule has 1 heterocycles. The zero-order valence-electron chi connectivity index (χ0n) is 11.3. The maximum atomic E-state index is 11.6. The number of nitrogens with one attached hydrogen (secondary N) is 1. The van der Waals surface area contributed by atoms with E-state index in [1.54, 1.807) is 18.3 Å². The van der Waals surface area contributed by atoms with E-state index in [9.17, 15) is 4.79 Å². The van der Waals surface area contributed by atoms with Gasteiger partial charge in [0.25, 0.3) is 0 Å². The number of carbonyl (C=O) groups is 1. The van der Waals surface area contributed by atoms with Crippen molar-refractivity contribution in [3.63, 3.8) is 0 Å². The standard InChI is InChI=1S/C15H20N2O2/c1-19-14(18)12-3-2-8-17-13(12)9-16-10-15(6-7-15)11-4-5-11/h2-3,8,11,16H,4-7,9-10H2,1H3. The molecule has 0 radical (unpaired) electrons. The van der Waals surface area contributed by atoms with E-state index in [2.05, 4.69) is 10.3 Å². The molecule has 102 valence electrons. The number of hydrogen-bond acceptors (Lipinski definition) is 4. The van der Waals surface area contributed by atoms with Crippen LogP contribution in [0.25, 0.3) is 0 Å². The van der Waals surface area contributed by atoms with Gasteiger partial charge in [-0.05, 0) is 49.1 Å². The summed E-state index contributed by atoms with van der Waals surface area (Å²) in [6, 6.07) is 3.53. The van der Waals surface area contributed by atoms with Crippen LogP contribution in [-0.2, 0) is 11.3 Å². The number of methoxy groups -OCH3 is 1. The van der Waals surface area contributed by atoms with E-state index in [1.165, 1.54) is 32.8 Å². The molecule has 0 saturated heterocycles. The van der Waals surface area contributed by atoms with Gasteiger partial charge in [0.15, 0.2) is 0 Å². The lowest BCUT2D eigenvalue weighted by molar-refractivity contribution is 0.0598. The van der Waals surface area contributed by atoms with Crippen molar-refractivity contribution in [1.29, 1.82) is 0 Å². The Balaban J connectivity index is 1.59. The zero-order chi connectivity index (χ0) is 13.3. The maximum Gasteiger partial charge on any atom is 0.339 e. The van der Waals surface area contributed by atoms with E-state index in [1.807, 2.05) is 0 Å². The monoisotopic (exact) mass is 260 g/mol. The van der Waals surface area contributed by atoms with Crippen molar-refractivity contribution in [3.05, 3.63) is 29.6 Å². The molecule has 2 aliphatic carbocycles. The summed E-state index contributed by atoms with van der Waals surface area (Å²) in [5.74, 6) is 0.636. The third kappa shape index (κ3) is 2.63. The highest BCUT2D eigenvalue weighted by molar-refractivity contribution is 5.90. The molecule has 2 fully saturated rings. The Bertz CT molecular complexity index is 479. The molecule has 0 amide bonds. The smallest absolute Gasteiger partial charge is 0.339 e. The van der Waals surface area contributed by atoms with Gasteiger partial charge < -0.3 is 10.1 Å². The van der Waals surface area contributed by atoms with Crippen molar-refractivity contribution in [3.8, 4) is 0 Å². The number of hydrogen-bond donors (Lipinski definition) is 1. The average molecular weight is 260 g/mol. The predicted octanol–water partition coefficient (Wildman–Crippen LogP) is 2.15. The van der Waals surface area contributed by atoms with Crippen LogP contribution < -0.4 is 5.32 Å². The second-order valence-electron chi connectivity index (χ2n) is 5.73. The average Bonchev–Trinajstić information content (AvgIpc) is 3.30. The predicted molar refractivity (Wildman–Crippen MR) is 71.7 cm³/mol. The van der Waals surface area contributed by atoms with Gasteiger partial charge in [-0.15, -0.1) is 0 Å². The molecule has 2 aliphatic rings. The Labute approximate surface area is 113 Å². The fourth-order valence-corrected chi connectivity index (χ4v) is 2.89. The van der Waals surface area contributed by atoms with Crippen molar-refractivity contribution in [2.75, 3.05) is 13.7 Å². The van der Waals surface area contributed by atoms with Crippen LogP contribution in [0.4, 0.5) is 0 Å². The first-order valence-corrected chi connectivity index (χ1v) is 6.98. The summed E-state index contributed by atoms with van der Waals surface area (Å²) in [5, 5.41) is 3.47. The molecule has 0 aliphatic heterocycles. The Morgan fingerprint density at radius 1 is 1.53 bits per heavy atom. The topological polar surface area (TPSA) is 51.2 Å². The highest BCUT2D eigenvalue weighted by Gasteiger charge is 2.53. The minimum Gasteiger partial charge on any atom is -0.465 e. The van der Waals surface area contributed by atoms with Crippen LogP contribution in [0.2, 0.25) is 0 Å². The van der Waals surface area contributed by atoms with Gasteiger partial charge in [-0.25, -0.2) is 4.79 Å². The Hall–Kier alpha value is -1.42. The number of esters is 1. The molecule has 1 aromatic heterocycles. The maximum absolute atomic E-state index is 11.6. The first-order valence-electron chi connectivity index (χ1n) is 6.98. The first-order chi connectivity index (χ1) is 9.25. The molecule has 3 rings (SSSR count). The van der Waals surface area contributed by atoms with Gasteiger partial charge >= 0.3 is 5.97 Å². The van der Waals surface area contributed by atoms with Crippen LogP contribution >= 0.6 is 0 Å². The second-order valence-corrected chi connectivity index (χ2v) is 5.73. The van der Waals surface area contributed by atoms with Gasteiger partial charge in [0, 0.05) is 19.3 Å². The zero-order valence-corrected chi connectivity index (χ0v) is 11.3. The van der Waals surface area contributed by atoms with Gasteiger partial charge in [0.05, 0.1) is 18.4 Å². The normalized spacial score (nSPS) is 20.1. The van der Waals surface area contributed by atoms with E-state index < -0.39 is 0 Å². The lowest BCUT2D eigenvalue weighted by Gasteiger charge is -2.15. The molecule has 0 bridgehead atoms. The molecule has 0 aromatic carbocycles. The number of rotatable bonds is 6. The quantitative estimate of drug-likeness (QED) is 0.796. The Morgan fingerprint density at radius 3 is 2.95 bits per heavy atom. The van der Waals surface area contributed by atoms with Crippen LogP contribution in [0, 0.1) is 11.3 Å². The molecule has 4 heteroatoms. The summed E-state index contributed by atoms with van der Waals surface area (Å²) in [4.78, 5) is 15.9. The fraction of sp³-hybridized carbons (Fsp3) is 0.600. The van der Waals surface area contributed by atoms with Crippen LogP contribution in [0.3, 0.4) is 0 Å². The number of carbonyl (C=O) groups excluding carboxylic acids is 1. The third-order valence-corrected chi connectivity index (χ3v) is 4.40. The molecule has 0 atom stereocenters. The summed E-state index contributed by atoms with van der Waals surface area (Å²) in [5.41, 5.74) is 1.91. The lowest BCUT2D eigenvalue weighted by atomic mass is 10.0. The first kappa shape index (κ1) is 12.6. The summed E-state index contributed by atoms with van der Waals surface area (Å²) in [6.07, 6.45) is 7.24. The molecule has 0 unspecified atom stereocenters. The van der Waals surface area contributed by atoms with Gasteiger partial charge in [0.2, 0.25) is 0 Å². The number of nitrogens with zero attached hydrogens (tertiary/aromatic N) is 1. The van der Waals surface area contributed by atoms with Gasteiger partial charge in [0.1, 0.15) is 0 Å². The van der Waals surface area contributed by atoms with Crippen LogP contribution in [-0.4, -0.2) is 24.6 Å².